The Labute approximate surface area is 156 Å². The van der Waals surface area contributed by atoms with Crippen molar-refractivity contribution in [3.05, 3.63) is 35.8 Å². The number of fused-ring (bicyclic) bond motifs is 5. The number of aliphatic hydroxyl groups is 2. The van der Waals surface area contributed by atoms with E-state index in [1.54, 1.807) is 12.5 Å². The molecule has 142 valence electrons. The Bertz CT molecular complexity index is 722. The van der Waals surface area contributed by atoms with Crippen molar-refractivity contribution in [2.45, 2.75) is 76.9 Å². The van der Waals surface area contributed by atoms with E-state index in [1.165, 1.54) is 12.0 Å². The highest BCUT2D eigenvalue weighted by Gasteiger charge is 2.64. The Kier molecular flexibility index (Phi) is 3.60. The fourth-order valence-corrected chi connectivity index (χ4v) is 7.63. The molecule has 3 saturated carbocycles. The molecule has 4 aliphatic rings. The lowest BCUT2D eigenvalue weighted by Gasteiger charge is -2.59. The molecule has 3 nitrogen and oxygen atoms in total. The molecule has 2 unspecified atom stereocenters. The summed E-state index contributed by atoms with van der Waals surface area (Å²) in [7, 11) is 0. The molecule has 0 aliphatic heterocycles. The number of hydrogen-bond donors (Lipinski definition) is 2. The lowest BCUT2D eigenvalue weighted by molar-refractivity contribution is -0.129. The largest absolute Gasteiger partial charge is 0.472 e. The van der Waals surface area contributed by atoms with Crippen LogP contribution in [-0.2, 0) is 5.60 Å². The first-order valence-electron chi connectivity index (χ1n) is 10.5. The quantitative estimate of drug-likeness (QED) is 0.711. The molecular formula is C23H32O3. The van der Waals surface area contributed by atoms with Crippen molar-refractivity contribution in [1.82, 2.24) is 0 Å². The van der Waals surface area contributed by atoms with Crippen LogP contribution in [0, 0.1) is 28.6 Å². The van der Waals surface area contributed by atoms with Crippen molar-refractivity contribution in [2.75, 3.05) is 0 Å². The second kappa shape index (κ2) is 5.48. The van der Waals surface area contributed by atoms with Crippen molar-refractivity contribution in [3.63, 3.8) is 0 Å². The molecule has 1 aromatic heterocycles. The number of furan rings is 1. The third-order valence-corrected chi connectivity index (χ3v) is 9.23. The van der Waals surface area contributed by atoms with Crippen LogP contribution >= 0.6 is 0 Å². The molecule has 2 N–H and O–H groups in total. The topological polar surface area (TPSA) is 53.6 Å². The molecule has 1 heterocycles. The number of hydrogen-bond acceptors (Lipinski definition) is 3. The minimum atomic E-state index is -0.747. The third-order valence-electron chi connectivity index (χ3n) is 9.23. The molecule has 0 amide bonds. The zero-order valence-electron chi connectivity index (χ0n) is 16.1. The van der Waals surface area contributed by atoms with Gasteiger partial charge in [0.25, 0.3) is 0 Å². The van der Waals surface area contributed by atoms with Gasteiger partial charge in [0.1, 0.15) is 0 Å². The lowest BCUT2D eigenvalue weighted by atomic mass is 9.46. The summed E-state index contributed by atoms with van der Waals surface area (Å²) in [6.07, 6.45) is 14.1. The van der Waals surface area contributed by atoms with Crippen LogP contribution in [0.2, 0.25) is 0 Å². The zero-order valence-corrected chi connectivity index (χ0v) is 16.1. The van der Waals surface area contributed by atoms with Crippen LogP contribution in [0.15, 0.2) is 34.7 Å². The Morgan fingerprint density at radius 1 is 1.08 bits per heavy atom. The molecule has 0 bridgehead atoms. The van der Waals surface area contributed by atoms with Gasteiger partial charge in [-0.15, -0.1) is 0 Å². The third kappa shape index (κ3) is 2.02. The van der Waals surface area contributed by atoms with Gasteiger partial charge in [0.05, 0.1) is 24.2 Å². The summed E-state index contributed by atoms with van der Waals surface area (Å²) in [5.74, 6) is 1.95. The molecule has 26 heavy (non-hydrogen) atoms. The van der Waals surface area contributed by atoms with Gasteiger partial charge in [0, 0.05) is 11.0 Å². The van der Waals surface area contributed by atoms with E-state index in [0.29, 0.717) is 17.8 Å². The normalized spacial score (nSPS) is 50.5. The molecule has 5 rings (SSSR count). The SMILES string of the molecule is C[C@]12CCC(O)CC1=CC[C@@H]1[C@H]2CC[C@@]2(C)[C@H]1CCC2(O)c1ccoc1. The van der Waals surface area contributed by atoms with Gasteiger partial charge in [-0.05, 0) is 80.6 Å². The molecule has 1 aromatic rings. The molecule has 3 heteroatoms. The van der Waals surface area contributed by atoms with E-state index in [2.05, 4.69) is 19.9 Å². The summed E-state index contributed by atoms with van der Waals surface area (Å²) in [4.78, 5) is 0. The molecule has 0 saturated heterocycles. The predicted octanol–water partition coefficient (Wildman–Crippen LogP) is 4.79. The predicted molar refractivity (Wildman–Crippen MR) is 100 cm³/mol. The maximum absolute atomic E-state index is 11.7. The van der Waals surface area contributed by atoms with E-state index in [4.69, 9.17) is 4.42 Å². The van der Waals surface area contributed by atoms with E-state index in [9.17, 15) is 10.2 Å². The fraction of sp³-hybridized carbons (Fsp3) is 0.739. The number of rotatable bonds is 1. The molecule has 0 radical (unpaired) electrons. The van der Waals surface area contributed by atoms with Crippen LogP contribution in [0.4, 0.5) is 0 Å². The maximum atomic E-state index is 11.7. The number of aliphatic hydroxyl groups excluding tert-OH is 1. The van der Waals surface area contributed by atoms with Gasteiger partial charge in [0.2, 0.25) is 0 Å². The van der Waals surface area contributed by atoms with E-state index in [-0.39, 0.29) is 16.9 Å². The lowest BCUT2D eigenvalue weighted by Crippen LogP contribution is -2.53. The van der Waals surface area contributed by atoms with E-state index < -0.39 is 5.60 Å². The van der Waals surface area contributed by atoms with E-state index >= 15 is 0 Å². The standard InChI is InChI=1S/C23H32O3/c1-21-9-5-17(24)13-15(21)3-4-18-19(21)6-10-22(2)20(18)7-11-23(22,25)16-8-12-26-14-16/h3,8,12,14,17-20,24-25H,4-7,9-11,13H2,1-2H3/t17?,18-,19-,20+,21+,22+,23?/m1/s1. The summed E-state index contributed by atoms with van der Waals surface area (Å²) < 4.78 is 5.33. The number of allylic oxidation sites excluding steroid dienone is 1. The van der Waals surface area contributed by atoms with Crippen LogP contribution < -0.4 is 0 Å². The molecular weight excluding hydrogens is 324 g/mol. The van der Waals surface area contributed by atoms with E-state index in [0.717, 1.165) is 50.5 Å². The Morgan fingerprint density at radius 2 is 1.88 bits per heavy atom. The summed E-state index contributed by atoms with van der Waals surface area (Å²) in [5.41, 5.74) is 1.95. The molecule has 4 aliphatic carbocycles. The first kappa shape index (κ1) is 17.1. The van der Waals surface area contributed by atoms with Gasteiger partial charge in [-0.1, -0.05) is 25.5 Å². The first-order chi connectivity index (χ1) is 12.4. The van der Waals surface area contributed by atoms with Crippen molar-refractivity contribution in [1.29, 1.82) is 0 Å². The molecule has 0 aromatic carbocycles. The minimum Gasteiger partial charge on any atom is -0.472 e. The monoisotopic (exact) mass is 356 g/mol. The summed E-state index contributed by atoms with van der Waals surface area (Å²) >= 11 is 0. The van der Waals surface area contributed by atoms with Gasteiger partial charge in [-0.2, -0.15) is 0 Å². The molecule has 7 atom stereocenters. The highest BCUT2D eigenvalue weighted by molar-refractivity contribution is 5.29. The van der Waals surface area contributed by atoms with Gasteiger partial charge >= 0.3 is 0 Å². The van der Waals surface area contributed by atoms with Crippen LogP contribution in [-0.4, -0.2) is 16.3 Å². The van der Waals surface area contributed by atoms with Crippen molar-refractivity contribution in [2.24, 2.45) is 28.6 Å². The molecule has 0 spiro atoms. The summed E-state index contributed by atoms with van der Waals surface area (Å²) in [5, 5.41) is 21.9. The minimum absolute atomic E-state index is 0.0616. The second-order valence-corrected chi connectivity index (χ2v) is 10.0. The Morgan fingerprint density at radius 3 is 2.65 bits per heavy atom. The molecule has 3 fully saturated rings. The van der Waals surface area contributed by atoms with Gasteiger partial charge in [-0.25, -0.2) is 0 Å². The maximum Gasteiger partial charge on any atom is 0.0983 e. The fourth-order valence-electron chi connectivity index (χ4n) is 7.63. The zero-order chi connectivity index (χ0) is 18.2. The van der Waals surface area contributed by atoms with Crippen molar-refractivity contribution in [3.8, 4) is 0 Å². The smallest absolute Gasteiger partial charge is 0.0983 e. The Balaban J connectivity index is 1.51. The van der Waals surface area contributed by atoms with Gasteiger partial charge < -0.3 is 14.6 Å². The van der Waals surface area contributed by atoms with Crippen LogP contribution in [0.25, 0.3) is 0 Å². The highest BCUT2D eigenvalue weighted by atomic mass is 16.3. The van der Waals surface area contributed by atoms with Crippen LogP contribution in [0.3, 0.4) is 0 Å². The summed E-state index contributed by atoms with van der Waals surface area (Å²) in [6.45, 7) is 4.79. The van der Waals surface area contributed by atoms with Crippen LogP contribution in [0.5, 0.6) is 0 Å². The highest BCUT2D eigenvalue weighted by Crippen LogP contribution is 2.69. The average Bonchev–Trinajstić information content (AvgIpc) is 3.24. The van der Waals surface area contributed by atoms with Crippen molar-refractivity contribution < 1.29 is 14.6 Å². The second-order valence-electron chi connectivity index (χ2n) is 10.0. The van der Waals surface area contributed by atoms with Gasteiger partial charge in [-0.3, -0.25) is 0 Å². The van der Waals surface area contributed by atoms with E-state index in [1.807, 2.05) is 6.07 Å². The van der Waals surface area contributed by atoms with Crippen LogP contribution in [0.1, 0.15) is 70.8 Å². The summed E-state index contributed by atoms with van der Waals surface area (Å²) in [6, 6.07) is 1.96. The Hall–Kier alpha value is -1.06. The van der Waals surface area contributed by atoms with Gasteiger partial charge in [0.15, 0.2) is 0 Å². The first-order valence-corrected chi connectivity index (χ1v) is 10.5. The van der Waals surface area contributed by atoms with Crippen molar-refractivity contribution >= 4 is 0 Å². The average molecular weight is 357 g/mol.